The molecule has 0 unspecified atom stereocenters. The van der Waals surface area contributed by atoms with Crippen LogP contribution in [0.4, 0.5) is 0 Å². The van der Waals surface area contributed by atoms with E-state index in [9.17, 15) is 14.4 Å². The summed E-state index contributed by atoms with van der Waals surface area (Å²) in [7, 11) is 0. The summed E-state index contributed by atoms with van der Waals surface area (Å²) in [5, 5.41) is 15.7. The van der Waals surface area contributed by atoms with Gasteiger partial charge in [-0.15, -0.1) is 0 Å². The van der Waals surface area contributed by atoms with Gasteiger partial charge in [-0.05, 0) is 0 Å². The predicted octanol–water partition coefficient (Wildman–Crippen LogP) is -1.27. The zero-order valence-electron chi connectivity index (χ0n) is 4.90. The van der Waals surface area contributed by atoms with Crippen LogP contribution >= 0.6 is 0 Å². The van der Waals surface area contributed by atoms with Crippen LogP contribution in [0.2, 0.25) is 0 Å². The van der Waals surface area contributed by atoms with E-state index in [1.165, 1.54) is 0 Å². The minimum atomic E-state index is -1.71. The first-order chi connectivity index (χ1) is 4.04. The molecule has 0 atom stereocenters. The van der Waals surface area contributed by atoms with Crippen LogP contribution in [0.5, 0.6) is 0 Å². The molecule has 50 valence electrons. The standard InChI is InChI=1S/C4H4O5.Al/c5-2(4(8)9)1-3(6)7;/h1H2,(H,6,7)(H,8,9);/q;+3. The summed E-state index contributed by atoms with van der Waals surface area (Å²) in [5.74, 6) is -4.44. The Labute approximate surface area is 66.8 Å². The van der Waals surface area contributed by atoms with E-state index < -0.39 is 24.1 Å². The fraction of sp³-hybridized carbons (Fsp3) is 0.250. The quantitative estimate of drug-likeness (QED) is 0.304. The van der Waals surface area contributed by atoms with E-state index in [-0.39, 0.29) is 17.4 Å². The van der Waals surface area contributed by atoms with Crippen molar-refractivity contribution in [3.63, 3.8) is 0 Å². The SMILES string of the molecule is O=C(O)CC(=O)C(=O)O.[Al+3]. The first-order valence-corrected chi connectivity index (χ1v) is 2.02. The Morgan fingerprint density at radius 3 is 1.60 bits per heavy atom. The average Bonchev–Trinajstić information content (AvgIpc) is 1.63. The molecule has 0 heterocycles. The summed E-state index contributed by atoms with van der Waals surface area (Å²) < 4.78 is 0. The van der Waals surface area contributed by atoms with E-state index in [1.807, 2.05) is 0 Å². The van der Waals surface area contributed by atoms with E-state index in [0.29, 0.717) is 0 Å². The van der Waals surface area contributed by atoms with Crippen molar-refractivity contribution in [1.82, 2.24) is 0 Å². The number of carbonyl (C=O) groups is 3. The molecule has 0 aliphatic heterocycles. The smallest absolute Gasteiger partial charge is 0.481 e. The molecule has 0 aromatic carbocycles. The van der Waals surface area contributed by atoms with Crippen LogP contribution in [-0.4, -0.2) is 45.3 Å². The molecule has 0 aromatic rings. The van der Waals surface area contributed by atoms with E-state index in [0.717, 1.165) is 0 Å². The molecule has 0 aromatic heterocycles. The summed E-state index contributed by atoms with van der Waals surface area (Å²) in [6, 6.07) is 0. The molecule has 0 spiro atoms. The van der Waals surface area contributed by atoms with Gasteiger partial charge in [-0.1, -0.05) is 0 Å². The Balaban J connectivity index is 0. The third kappa shape index (κ3) is 5.28. The molecule has 6 heteroatoms. The van der Waals surface area contributed by atoms with Gasteiger partial charge in [-0.2, -0.15) is 0 Å². The fourth-order valence-electron chi connectivity index (χ4n) is 0.213. The topological polar surface area (TPSA) is 91.7 Å². The molecular formula is C4H4AlO5+3. The molecule has 10 heavy (non-hydrogen) atoms. The molecule has 0 amide bonds. The van der Waals surface area contributed by atoms with Crippen LogP contribution in [0, 0.1) is 0 Å². The van der Waals surface area contributed by atoms with Crippen molar-refractivity contribution in [1.29, 1.82) is 0 Å². The fourth-order valence-corrected chi connectivity index (χ4v) is 0.213. The van der Waals surface area contributed by atoms with Crippen molar-refractivity contribution < 1.29 is 24.6 Å². The van der Waals surface area contributed by atoms with Crippen molar-refractivity contribution in [3.05, 3.63) is 0 Å². The van der Waals surface area contributed by atoms with Crippen LogP contribution in [-0.2, 0) is 14.4 Å². The summed E-state index contributed by atoms with van der Waals surface area (Å²) in [5.41, 5.74) is 0. The third-order valence-electron chi connectivity index (χ3n) is 0.550. The van der Waals surface area contributed by atoms with Gasteiger partial charge < -0.3 is 10.2 Å². The van der Waals surface area contributed by atoms with Crippen LogP contribution in [0.1, 0.15) is 6.42 Å². The predicted molar refractivity (Wildman–Crippen MR) is 30.6 cm³/mol. The van der Waals surface area contributed by atoms with Crippen LogP contribution in [0.3, 0.4) is 0 Å². The zero-order chi connectivity index (χ0) is 7.44. The second-order valence-electron chi connectivity index (χ2n) is 1.30. The van der Waals surface area contributed by atoms with Gasteiger partial charge >= 0.3 is 29.3 Å². The summed E-state index contributed by atoms with van der Waals surface area (Å²) >= 11 is 0. The monoisotopic (exact) mass is 159 g/mol. The van der Waals surface area contributed by atoms with E-state index >= 15 is 0 Å². The second-order valence-corrected chi connectivity index (χ2v) is 1.30. The Morgan fingerprint density at radius 2 is 1.50 bits per heavy atom. The van der Waals surface area contributed by atoms with Crippen molar-refractivity contribution >= 4 is 35.1 Å². The average molecular weight is 159 g/mol. The maximum atomic E-state index is 9.97. The number of hydrogen-bond donors (Lipinski definition) is 2. The number of rotatable bonds is 3. The molecule has 0 fully saturated rings. The van der Waals surface area contributed by atoms with Gasteiger partial charge in [0.1, 0.15) is 6.42 Å². The van der Waals surface area contributed by atoms with Crippen molar-refractivity contribution in [2.75, 3.05) is 0 Å². The van der Waals surface area contributed by atoms with Gasteiger partial charge in [-0.3, -0.25) is 9.59 Å². The number of carbonyl (C=O) groups excluding carboxylic acids is 1. The van der Waals surface area contributed by atoms with Crippen LogP contribution < -0.4 is 0 Å². The molecule has 0 aliphatic carbocycles. The minimum Gasteiger partial charge on any atom is -0.481 e. The molecule has 0 aliphatic rings. The third-order valence-corrected chi connectivity index (χ3v) is 0.550. The number of hydrogen-bond acceptors (Lipinski definition) is 3. The maximum Gasteiger partial charge on any atom is 3.00 e. The van der Waals surface area contributed by atoms with Crippen molar-refractivity contribution in [2.45, 2.75) is 6.42 Å². The minimum absolute atomic E-state index is 0. The number of carboxylic acids is 2. The van der Waals surface area contributed by atoms with E-state index in [4.69, 9.17) is 10.2 Å². The first-order valence-electron chi connectivity index (χ1n) is 2.02. The first kappa shape index (κ1) is 11.9. The van der Waals surface area contributed by atoms with Crippen molar-refractivity contribution in [3.8, 4) is 0 Å². The van der Waals surface area contributed by atoms with Gasteiger partial charge in [0.2, 0.25) is 0 Å². The molecule has 0 radical (unpaired) electrons. The molecule has 5 nitrogen and oxygen atoms in total. The number of Topliss-reactive ketones (excluding diaryl/α,β-unsaturated/α-hetero) is 1. The van der Waals surface area contributed by atoms with Gasteiger partial charge in [0.25, 0.3) is 5.78 Å². The van der Waals surface area contributed by atoms with Crippen molar-refractivity contribution in [2.24, 2.45) is 0 Å². The molecule has 0 bridgehead atoms. The second kappa shape index (κ2) is 4.97. The van der Waals surface area contributed by atoms with Gasteiger partial charge in [0.15, 0.2) is 0 Å². The Bertz CT molecular complexity index is 163. The summed E-state index contributed by atoms with van der Waals surface area (Å²) in [6.07, 6.45) is -0.949. The van der Waals surface area contributed by atoms with Crippen LogP contribution in [0.15, 0.2) is 0 Å². The van der Waals surface area contributed by atoms with E-state index in [1.54, 1.807) is 0 Å². The number of carboxylic acid groups (broad SMARTS) is 2. The largest absolute Gasteiger partial charge is 3.00 e. The van der Waals surface area contributed by atoms with Gasteiger partial charge in [-0.25, -0.2) is 4.79 Å². The molecule has 0 saturated heterocycles. The summed E-state index contributed by atoms with van der Waals surface area (Å²) in [4.78, 5) is 29.2. The molecule has 0 saturated carbocycles. The Kier molecular flexibility index (Phi) is 5.90. The van der Waals surface area contributed by atoms with Crippen LogP contribution in [0.25, 0.3) is 0 Å². The molecule has 2 N–H and O–H groups in total. The number of ketones is 1. The van der Waals surface area contributed by atoms with E-state index in [2.05, 4.69) is 0 Å². The Morgan fingerprint density at radius 1 is 1.10 bits per heavy atom. The molecular weight excluding hydrogens is 155 g/mol. The van der Waals surface area contributed by atoms with Gasteiger partial charge in [0.05, 0.1) is 0 Å². The zero-order valence-corrected chi connectivity index (χ0v) is 6.06. The van der Waals surface area contributed by atoms with Gasteiger partial charge in [0, 0.05) is 0 Å². The Hall–Kier alpha value is -0.858. The number of aliphatic carboxylic acids is 2. The summed E-state index contributed by atoms with van der Waals surface area (Å²) in [6.45, 7) is 0. The maximum absolute atomic E-state index is 9.97. The normalized spacial score (nSPS) is 7.60. The molecule has 0 rings (SSSR count).